The van der Waals surface area contributed by atoms with E-state index >= 15 is 0 Å². The monoisotopic (exact) mass is 1040 g/mol. The van der Waals surface area contributed by atoms with Crippen LogP contribution in [-0.4, -0.2) is 134 Å². The van der Waals surface area contributed by atoms with Crippen molar-refractivity contribution in [2.75, 3.05) is 0 Å². The molecule has 0 aliphatic carbocycles. The molecule has 168 valence electrons. The van der Waals surface area contributed by atoms with E-state index in [1.54, 1.807) is 0 Å². The molecule has 0 atom stereocenters. The second kappa shape index (κ2) is 117. The molecule has 0 heterocycles. The van der Waals surface area contributed by atoms with Crippen LogP contribution in [0.4, 0.5) is 0 Å². The molecule has 21 nitrogen and oxygen atoms in total. The van der Waals surface area contributed by atoms with Crippen molar-refractivity contribution in [2.24, 2.45) is 0 Å². The van der Waals surface area contributed by atoms with Crippen LogP contribution in [0.5, 0.6) is 0 Å². The second-order valence-corrected chi connectivity index (χ2v) is 2.02. The third kappa shape index (κ3) is 770. The van der Waals surface area contributed by atoms with Gasteiger partial charge in [-0.15, -0.1) is 0 Å². The van der Waals surface area contributed by atoms with Gasteiger partial charge in [0.2, 0.25) is 0 Å². The van der Waals surface area contributed by atoms with E-state index in [9.17, 15) is 0 Å². The van der Waals surface area contributed by atoms with Crippen molar-refractivity contribution in [1.82, 2.24) is 0 Å². The maximum Gasteiger partial charge on any atom is 3.00 e. The molecule has 0 aromatic heterocycles. The fraction of sp³-hybridized carbons (Fsp3) is 0. The van der Waals surface area contributed by atoms with E-state index in [4.69, 9.17) is 106 Å². The summed E-state index contributed by atoms with van der Waals surface area (Å²) < 4.78 is 0. The molecule has 0 rings (SSSR count). The first-order valence-corrected chi connectivity index (χ1v) is 4.95. The molecule has 0 fully saturated rings. The van der Waals surface area contributed by atoms with Gasteiger partial charge in [0.05, 0.1) is 0 Å². The van der Waals surface area contributed by atoms with Crippen molar-refractivity contribution in [1.29, 1.82) is 0 Å². The van der Waals surface area contributed by atoms with E-state index < -0.39 is 51.2 Å². The largest absolute Gasteiger partial charge is 3.00 e. The van der Waals surface area contributed by atoms with E-state index in [0.717, 1.165) is 0 Å². The normalized spacial score (nSPS) is 4.72. The Morgan fingerprint density at radius 1 is 0.200 bits per heavy atom. The summed E-state index contributed by atoms with van der Waals surface area (Å²) in [6, 6.07) is 0. The van der Waals surface area contributed by atoms with Gasteiger partial charge in [0.1, 0.15) is 0 Å². The summed E-state index contributed by atoms with van der Waals surface area (Å²) in [5.74, 6) is 0. The quantitative estimate of drug-likeness (QED) is 0.203. The molecular formula is Al3B7Be3Cs3K3O21. The zero-order valence-electron chi connectivity index (χ0n) is 22.5. The van der Waals surface area contributed by atoms with Crippen LogP contribution >= 0.6 is 0 Å². The first kappa shape index (κ1) is 124. The van der Waals surface area contributed by atoms with Crippen LogP contribution in [0.25, 0.3) is 0 Å². The van der Waals surface area contributed by atoms with Crippen molar-refractivity contribution in [3.63, 3.8) is 0 Å². The van der Waals surface area contributed by atoms with E-state index in [1.807, 2.05) is 0 Å². The Bertz CT molecular complexity index is 174. The van der Waals surface area contributed by atoms with E-state index in [2.05, 4.69) is 0 Å². The van der Waals surface area contributed by atoms with Gasteiger partial charge in [0.25, 0.3) is 0 Å². The summed E-state index contributed by atoms with van der Waals surface area (Å²) in [5, 5.41) is 177. The fourth-order valence-electron chi connectivity index (χ4n) is 0. The van der Waals surface area contributed by atoms with Crippen LogP contribution < -0.4 is 466 Å². The number of hydrogen-bond donors (Lipinski definition) is 0. The molecule has 0 N–H and O–H groups in total. The van der Waals surface area contributed by atoms with E-state index in [0.29, 0.717) is 0 Å². The first-order valence-electron chi connectivity index (χ1n) is 4.95. The maximum absolute atomic E-state index is 8.42. The van der Waals surface area contributed by atoms with Gasteiger partial charge in [0.15, 0.2) is 0 Å². The van der Waals surface area contributed by atoms with Gasteiger partial charge in [-0.1, -0.05) is 0 Å². The van der Waals surface area contributed by atoms with Crippen LogP contribution in [0.1, 0.15) is 0 Å². The van der Waals surface area contributed by atoms with Crippen LogP contribution in [0.3, 0.4) is 0 Å². The van der Waals surface area contributed by atoms with Crippen LogP contribution in [0.15, 0.2) is 0 Å². The van der Waals surface area contributed by atoms with Crippen molar-refractivity contribution in [2.45, 2.75) is 0 Å². The molecule has 0 aliphatic heterocycles. The standard InChI is InChI=1S/3Al.7BO3.3Be.3Cs.3K/c;;;7*2-1(3)4;;;;;;;;;/q3*+3;7*-3;3*+2;6*+1. The first-order chi connectivity index (χ1) is 12.1. The van der Waals surface area contributed by atoms with E-state index in [-0.39, 0.29) is 443 Å². The summed E-state index contributed by atoms with van der Waals surface area (Å²) in [4.78, 5) is 0. The summed E-state index contributed by atoms with van der Waals surface area (Å²) in [7, 11) is -20.4. The predicted octanol–water partition coefficient (Wildman–Crippen LogP) is -47.9. The molecule has 0 amide bonds. The average molecular weight is 1040 g/mol. The molecule has 0 spiro atoms. The van der Waals surface area contributed by atoms with Gasteiger partial charge in [-0.25, -0.2) is 0 Å². The van der Waals surface area contributed by atoms with Crippen molar-refractivity contribution in [3.05, 3.63) is 0 Å². The predicted molar refractivity (Wildman–Crippen MR) is 74.8 cm³/mol. The van der Waals surface area contributed by atoms with Crippen molar-refractivity contribution < 1.29 is 466 Å². The number of hydrogen-bond acceptors (Lipinski definition) is 21. The minimum absolute atomic E-state index is 0. The Labute approximate surface area is 581 Å². The van der Waals surface area contributed by atoms with E-state index in [1.165, 1.54) is 0 Å². The number of rotatable bonds is 0. The Hall–Kier alpha value is 12.8. The van der Waals surface area contributed by atoms with Crippen LogP contribution in [0, 0.1) is 0 Å². The van der Waals surface area contributed by atoms with Crippen molar-refractivity contribution >= 4 is 134 Å². The molecule has 40 heavy (non-hydrogen) atoms. The van der Waals surface area contributed by atoms with Crippen molar-refractivity contribution in [3.8, 4) is 0 Å². The van der Waals surface area contributed by atoms with Gasteiger partial charge >= 0.3 is 443 Å². The average Bonchev–Trinajstić information content (AvgIpc) is 2.20. The maximum atomic E-state index is 8.42. The molecule has 0 saturated carbocycles. The molecule has 0 saturated heterocycles. The van der Waals surface area contributed by atoms with Gasteiger partial charge in [0, 0.05) is 0 Å². The van der Waals surface area contributed by atoms with Gasteiger partial charge in [-0.2, -0.15) is 0 Å². The Morgan fingerprint density at radius 2 is 0.200 bits per heavy atom. The minimum Gasteiger partial charge on any atom is -0.907 e. The molecule has 0 aromatic carbocycles. The zero-order chi connectivity index (χ0) is 25.0. The zero-order valence-corrected chi connectivity index (χ0v) is 54.1. The molecule has 0 radical (unpaired) electrons. The summed E-state index contributed by atoms with van der Waals surface area (Å²) in [6.07, 6.45) is 0. The SMILES string of the molecule is [Al+3].[Al+3].[Al+3].[Be+2].[Be+2].[Be+2].[Cs+].[Cs+].[Cs+].[K+].[K+].[K+].[O-]B([O-])[O-].[O-]B([O-])[O-].[O-]B([O-])[O-].[O-]B([O-])[O-].[O-]B([O-])[O-].[O-]B([O-])[O-].[O-]B([O-])[O-]. The third-order valence-electron chi connectivity index (χ3n) is 0. The van der Waals surface area contributed by atoms with Gasteiger partial charge in [-0.3, -0.25) is 51.2 Å². The molecule has 0 unspecified atom stereocenters. The second-order valence-electron chi connectivity index (χ2n) is 2.02. The molecule has 0 aromatic rings. The third-order valence-corrected chi connectivity index (χ3v) is 0. The molecule has 0 bridgehead atoms. The Morgan fingerprint density at radius 3 is 0.200 bits per heavy atom. The van der Waals surface area contributed by atoms with Gasteiger partial charge < -0.3 is 106 Å². The molecular weight excluding hydrogens is 1040 g/mol. The summed E-state index contributed by atoms with van der Waals surface area (Å²) in [6.45, 7) is 0. The van der Waals surface area contributed by atoms with Crippen LogP contribution in [0.2, 0.25) is 0 Å². The molecule has 0 aliphatic rings. The molecule has 40 heteroatoms. The Balaban J connectivity index is -0.00000000721. The summed E-state index contributed by atoms with van der Waals surface area (Å²) >= 11 is 0. The topological polar surface area (TPSA) is 484 Å². The summed E-state index contributed by atoms with van der Waals surface area (Å²) in [5.41, 5.74) is 0. The van der Waals surface area contributed by atoms with Gasteiger partial charge in [-0.05, 0) is 0 Å². The van der Waals surface area contributed by atoms with Crippen LogP contribution in [-0.2, 0) is 0 Å². The smallest absolute Gasteiger partial charge is 0.907 e. The Kier molecular flexibility index (Phi) is 363. The minimum atomic E-state index is -2.92. The fourth-order valence-corrected chi connectivity index (χ4v) is 0.